The molecular weight excluding hydrogens is 220 g/mol. The second-order valence-electron chi connectivity index (χ2n) is 5.58. The van der Waals surface area contributed by atoms with E-state index in [1.165, 1.54) is 31.4 Å². The largest absolute Gasteiger partial charge is 0.327 e. The van der Waals surface area contributed by atoms with E-state index >= 15 is 0 Å². The minimum Gasteiger partial charge on any atom is -0.327 e. The lowest BCUT2D eigenvalue weighted by Crippen LogP contribution is -2.46. The van der Waals surface area contributed by atoms with Crippen LogP contribution in [0.15, 0.2) is 30.3 Å². The Hall–Kier alpha value is -0.860. The monoisotopic (exact) mass is 246 g/mol. The molecule has 1 fully saturated rings. The average Bonchev–Trinajstić information content (AvgIpc) is 2.40. The van der Waals surface area contributed by atoms with Crippen molar-refractivity contribution in [1.29, 1.82) is 0 Å². The van der Waals surface area contributed by atoms with Gasteiger partial charge in [-0.15, -0.1) is 0 Å². The van der Waals surface area contributed by atoms with E-state index < -0.39 is 0 Å². The smallest absolute Gasteiger partial charge is 0.0233 e. The molecular formula is C16H26N2. The third-order valence-corrected chi connectivity index (χ3v) is 4.05. The number of unbranched alkanes of at least 4 members (excludes halogenated alkanes) is 1. The number of hydrogen-bond acceptors (Lipinski definition) is 2. The Kier molecular flexibility index (Phi) is 5.21. The molecule has 1 heterocycles. The van der Waals surface area contributed by atoms with Gasteiger partial charge in [0.2, 0.25) is 0 Å². The van der Waals surface area contributed by atoms with Gasteiger partial charge in [-0.25, -0.2) is 0 Å². The van der Waals surface area contributed by atoms with Crippen molar-refractivity contribution in [2.75, 3.05) is 13.1 Å². The van der Waals surface area contributed by atoms with Gasteiger partial charge in [-0.2, -0.15) is 0 Å². The summed E-state index contributed by atoms with van der Waals surface area (Å²) in [6.45, 7) is 5.67. The van der Waals surface area contributed by atoms with E-state index in [1.807, 2.05) is 0 Å². The van der Waals surface area contributed by atoms with Gasteiger partial charge in [-0.05, 0) is 30.9 Å². The second kappa shape index (κ2) is 6.91. The number of hydrogen-bond donors (Lipinski definition) is 1. The van der Waals surface area contributed by atoms with E-state index in [0.717, 1.165) is 19.5 Å². The molecule has 1 saturated heterocycles. The van der Waals surface area contributed by atoms with Crippen molar-refractivity contribution in [1.82, 2.24) is 4.90 Å². The van der Waals surface area contributed by atoms with Crippen LogP contribution in [0.3, 0.4) is 0 Å². The summed E-state index contributed by atoms with van der Waals surface area (Å²) >= 11 is 0. The topological polar surface area (TPSA) is 29.3 Å². The van der Waals surface area contributed by atoms with Crippen molar-refractivity contribution in [3.63, 3.8) is 0 Å². The molecule has 2 rings (SSSR count). The molecule has 1 aromatic carbocycles. The van der Waals surface area contributed by atoms with E-state index in [-0.39, 0.29) is 0 Å². The Morgan fingerprint density at radius 3 is 2.78 bits per heavy atom. The maximum Gasteiger partial charge on any atom is 0.0233 e. The molecule has 0 aromatic heterocycles. The standard InChI is InChI=1S/C16H26N2/c1-2-3-9-15-13-18(11-10-16(15)17)12-14-7-5-4-6-8-14/h4-8,15-16H,2-3,9-13,17H2,1H3/t15-,16-/m1/s1. The normalized spacial score (nSPS) is 25.2. The Labute approximate surface area is 111 Å². The van der Waals surface area contributed by atoms with Gasteiger partial charge in [-0.1, -0.05) is 50.1 Å². The van der Waals surface area contributed by atoms with Gasteiger partial charge in [0.05, 0.1) is 0 Å². The second-order valence-corrected chi connectivity index (χ2v) is 5.58. The molecule has 100 valence electrons. The molecule has 0 saturated carbocycles. The highest BCUT2D eigenvalue weighted by Gasteiger charge is 2.25. The number of nitrogens with two attached hydrogens (primary N) is 1. The molecule has 0 spiro atoms. The first-order chi connectivity index (χ1) is 8.79. The van der Waals surface area contributed by atoms with Gasteiger partial charge in [0.25, 0.3) is 0 Å². The zero-order valence-electron chi connectivity index (χ0n) is 11.5. The van der Waals surface area contributed by atoms with Crippen LogP contribution in [0.1, 0.15) is 38.2 Å². The molecule has 2 nitrogen and oxygen atoms in total. The number of benzene rings is 1. The lowest BCUT2D eigenvalue weighted by molar-refractivity contribution is 0.141. The maximum atomic E-state index is 6.25. The average molecular weight is 246 g/mol. The predicted molar refractivity (Wildman–Crippen MR) is 77.3 cm³/mol. The fourth-order valence-electron chi connectivity index (χ4n) is 2.88. The van der Waals surface area contributed by atoms with Crippen molar-refractivity contribution in [2.45, 2.75) is 45.2 Å². The molecule has 18 heavy (non-hydrogen) atoms. The van der Waals surface area contributed by atoms with Crippen LogP contribution in [0.5, 0.6) is 0 Å². The van der Waals surface area contributed by atoms with E-state index in [2.05, 4.69) is 42.2 Å². The maximum absolute atomic E-state index is 6.25. The minimum atomic E-state index is 0.420. The summed E-state index contributed by atoms with van der Waals surface area (Å²) in [5, 5.41) is 0. The summed E-state index contributed by atoms with van der Waals surface area (Å²) < 4.78 is 0. The first-order valence-corrected chi connectivity index (χ1v) is 7.31. The van der Waals surface area contributed by atoms with Crippen LogP contribution in [-0.4, -0.2) is 24.0 Å². The highest BCUT2D eigenvalue weighted by Crippen LogP contribution is 2.22. The molecule has 0 bridgehead atoms. The summed E-state index contributed by atoms with van der Waals surface area (Å²) in [6.07, 6.45) is 5.05. The van der Waals surface area contributed by atoms with E-state index in [0.29, 0.717) is 12.0 Å². The summed E-state index contributed by atoms with van der Waals surface area (Å²) in [4.78, 5) is 2.57. The summed E-state index contributed by atoms with van der Waals surface area (Å²) in [7, 11) is 0. The van der Waals surface area contributed by atoms with Crippen LogP contribution in [0.25, 0.3) is 0 Å². The molecule has 1 aromatic rings. The van der Waals surface area contributed by atoms with Crippen molar-refractivity contribution in [3.05, 3.63) is 35.9 Å². The molecule has 0 aliphatic carbocycles. The quantitative estimate of drug-likeness (QED) is 0.865. The van der Waals surface area contributed by atoms with Crippen LogP contribution < -0.4 is 5.73 Å². The molecule has 2 atom stereocenters. The highest BCUT2D eigenvalue weighted by atomic mass is 15.1. The van der Waals surface area contributed by atoms with Gasteiger partial charge in [-0.3, -0.25) is 4.90 Å². The summed E-state index contributed by atoms with van der Waals surface area (Å²) in [5.41, 5.74) is 7.67. The number of piperidine rings is 1. The number of nitrogens with zero attached hydrogens (tertiary/aromatic N) is 1. The third-order valence-electron chi connectivity index (χ3n) is 4.05. The molecule has 1 aliphatic rings. The fraction of sp³-hybridized carbons (Fsp3) is 0.625. The zero-order valence-corrected chi connectivity index (χ0v) is 11.5. The molecule has 2 N–H and O–H groups in total. The van der Waals surface area contributed by atoms with E-state index in [4.69, 9.17) is 5.73 Å². The van der Waals surface area contributed by atoms with Crippen LogP contribution in [0, 0.1) is 5.92 Å². The first kappa shape index (κ1) is 13.6. The number of rotatable bonds is 5. The predicted octanol–water partition coefficient (Wildman–Crippen LogP) is 3.03. The Morgan fingerprint density at radius 2 is 2.06 bits per heavy atom. The van der Waals surface area contributed by atoms with Crippen molar-refractivity contribution in [2.24, 2.45) is 11.7 Å². The van der Waals surface area contributed by atoms with Crippen LogP contribution >= 0.6 is 0 Å². The SMILES string of the molecule is CCCC[C@@H]1CN(Cc2ccccc2)CC[C@H]1N. The lowest BCUT2D eigenvalue weighted by Gasteiger charge is -2.37. The third kappa shape index (κ3) is 3.82. The summed E-state index contributed by atoms with van der Waals surface area (Å²) in [6, 6.07) is 11.2. The van der Waals surface area contributed by atoms with Crippen LogP contribution in [0.2, 0.25) is 0 Å². The lowest BCUT2D eigenvalue weighted by atomic mass is 9.88. The minimum absolute atomic E-state index is 0.420. The molecule has 0 amide bonds. The molecule has 0 radical (unpaired) electrons. The zero-order chi connectivity index (χ0) is 12.8. The molecule has 1 aliphatic heterocycles. The van der Waals surface area contributed by atoms with Gasteiger partial charge in [0.1, 0.15) is 0 Å². The Balaban J connectivity index is 1.87. The van der Waals surface area contributed by atoms with Gasteiger partial charge in [0.15, 0.2) is 0 Å². The Bertz CT molecular complexity index is 336. The van der Waals surface area contributed by atoms with Crippen LogP contribution in [0.4, 0.5) is 0 Å². The van der Waals surface area contributed by atoms with Gasteiger partial charge < -0.3 is 5.73 Å². The fourth-order valence-corrected chi connectivity index (χ4v) is 2.88. The Morgan fingerprint density at radius 1 is 1.28 bits per heavy atom. The van der Waals surface area contributed by atoms with Crippen molar-refractivity contribution < 1.29 is 0 Å². The highest BCUT2D eigenvalue weighted by molar-refractivity contribution is 5.14. The summed E-state index contributed by atoms with van der Waals surface area (Å²) in [5.74, 6) is 0.697. The first-order valence-electron chi connectivity index (χ1n) is 7.31. The van der Waals surface area contributed by atoms with Gasteiger partial charge in [0, 0.05) is 19.1 Å². The van der Waals surface area contributed by atoms with Crippen molar-refractivity contribution in [3.8, 4) is 0 Å². The molecule has 2 heteroatoms. The van der Waals surface area contributed by atoms with Crippen molar-refractivity contribution >= 4 is 0 Å². The van der Waals surface area contributed by atoms with E-state index in [9.17, 15) is 0 Å². The molecule has 0 unspecified atom stereocenters. The van der Waals surface area contributed by atoms with Gasteiger partial charge >= 0.3 is 0 Å². The number of likely N-dealkylation sites (tertiary alicyclic amines) is 1. The van der Waals surface area contributed by atoms with E-state index in [1.54, 1.807) is 0 Å². The van der Waals surface area contributed by atoms with Crippen LogP contribution in [-0.2, 0) is 6.54 Å².